The van der Waals surface area contributed by atoms with Crippen LogP contribution in [0.2, 0.25) is 0 Å². The van der Waals surface area contributed by atoms with Crippen molar-refractivity contribution < 1.29 is 9.47 Å². The average molecular weight is 284 g/mol. The fourth-order valence-corrected chi connectivity index (χ4v) is 1.86. The molecule has 1 aromatic carbocycles. The van der Waals surface area contributed by atoms with Crippen LogP contribution in [0.25, 0.3) is 0 Å². The molecule has 0 amide bonds. The third kappa shape index (κ3) is 3.16. The van der Waals surface area contributed by atoms with Crippen molar-refractivity contribution in [2.45, 2.75) is 13.5 Å². The van der Waals surface area contributed by atoms with Gasteiger partial charge in [0.15, 0.2) is 11.5 Å². The van der Waals surface area contributed by atoms with Gasteiger partial charge in [-0.25, -0.2) is 0 Å². The van der Waals surface area contributed by atoms with Gasteiger partial charge in [0.2, 0.25) is 0 Å². The summed E-state index contributed by atoms with van der Waals surface area (Å²) >= 11 is 3.41. The molecule has 3 nitrogen and oxygen atoms in total. The van der Waals surface area contributed by atoms with E-state index in [4.69, 9.17) is 21.6 Å². The second kappa shape index (κ2) is 6.41. The number of halogens is 1. The number of hydrogen-bond acceptors (Lipinski definition) is 3. The fourth-order valence-electron chi connectivity index (χ4n) is 1.26. The van der Waals surface area contributed by atoms with Gasteiger partial charge >= 0.3 is 0 Å². The Balaban J connectivity index is 3.07. The van der Waals surface area contributed by atoms with Gasteiger partial charge in [0.05, 0.1) is 11.1 Å². The summed E-state index contributed by atoms with van der Waals surface area (Å²) < 4.78 is 11.7. The molecule has 0 fully saturated rings. The SMILES string of the molecule is C#CCOc1c(Br)cc(CN)cc1OCC. The van der Waals surface area contributed by atoms with E-state index in [2.05, 4.69) is 21.9 Å². The largest absolute Gasteiger partial charge is 0.490 e. The number of benzene rings is 1. The monoisotopic (exact) mass is 283 g/mol. The van der Waals surface area contributed by atoms with Crippen molar-refractivity contribution in [1.29, 1.82) is 0 Å². The molecule has 0 aliphatic rings. The zero-order valence-corrected chi connectivity index (χ0v) is 10.7. The Morgan fingerprint density at radius 2 is 2.19 bits per heavy atom. The summed E-state index contributed by atoms with van der Waals surface area (Å²) in [6, 6.07) is 3.76. The Labute approximate surface area is 104 Å². The van der Waals surface area contributed by atoms with Crippen LogP contribution in [0, 0.1) is 12.3 Å². The molecule has 0 spiro atoms. The summed E-state index contributed by atoms with van der Waals surface area (Å²) in [7, 11) is 0. The first-order valence-electron chi connectivity index (χ1n) is 4.94. The topological polar surface area (TPSA) is 44.5 Å². The van der Waals surface area contributed by atoms with Gasteiger partial charge in [-0.3, -0.25) is 0 Å². The highest BCUT2D eigenvalue weighted by atomic mass is 79.9. The molecule has 1 rings (SSSR count). The molecule has 0 aromatic heterocycles. The van der Waals surface area contributed by atoms with Gasteiger partial charge in [-0.1, -0.05) is 5.92 Å². The molecule has 0 aliphatic heterocycles. The zero-order chi connectivity index (χ0) is 12.0. The van der Waals surface area contributed by atoms with Crippen molar-refractivity contribution in [2.24, 2.45) is 5.73 Å². The molecule has 0 bridgehead atoms. The smallest absolute Gasteiger partial charge is 0.176 e. The summed E-state index contributed by atoms with van der Waals surface area (Å²) in [5, 5.41) is 0. The molecule has 0 saturated carbocycles. The molecule has 0 atom stereocenters. The highest BCUT2D eigenvalue weighted by Crippen LogP contribution is 2.36. The number of rotatable bonds is 5. The fraction of sp³-hybridized carbons (Fsp3) is 0.333. The highest BCUT2D eigenvalue weighted by Gasteiger charge is 2.11. The summed E-state index contributed by atoms with van der Waals surface area (Å²) in [6.07, 6.45) is 5.16. The number of terminal acetylenes is 1. The predicted octanol–water partition coefficient (Wildman–Crippen LogP) is 2.32. The minimum absolute atomic E-state index is 0.209. The first-order chi connectivity index (χ1) is 7.72. The molecule has 0 unspecified atom stereocenters. The van der Waals surface area contributed by atoms with Crippen molar-refractivity contribution in [2.75, 3.05) is 13.2 Å². The van der Waals surface area contributed by atoms with Gasteiger partial charge in [0.25, 0.3) is 0 Å². The number of nitrogens with two attached hydrogens (primary N) is 1. The van der Waals surface area contributed by atoms with Crippen LogP contribution < -0.4 is 15.2 Å². The molecule has 0 radical (unpaired) electrons. The van der Waals surface area contributed by atoms with E-state index in [9.17, 15) is 0 Å². The number of hydrogen-bond donors (Lipinski definition) is 1. The molecule has 86 valence electrons. The Bertz CT molecular complexity index is 399. The Morgan fingerprint density at radius 3 is 2.75 bits per heavy atom. The molecule has 1 aromatic rings. The normalized spacial score (nSPS) is 9.62. The zero-order valence-electron chi connectivity index (χ0n) is 9.13. The van der Waals surface area contributed by atoms with Crippen LogP contribution in [0.4, 0.5) is 0 Å². The van der Waals surface area contributed by atoms with Crippen LogP contribution in [0.3, 0.4) is 0 Å². The van der Waals surface area contributed by atoms with E-state index < -0.39 is 0 Å². The second-order valence-corrected chi connectivity index (χ2v) is 3.89. The van der Waals surface area contributed by atoms with Crippen molar-refractivity contribution in [1.82, 2.24) is 0 Å². The second-order valence-electron chi connectivity index (χ2n) is 3.03. The molecular formula is C12H14BrNO2. The Morgan fingerprint density at radius 1 is 1.44 bits per heavy atom. The van der Waals surface area contributed by atoms with Crippen LogP contribution >= 0.6 is 15.9 Å². The molecule has 0 heterocycles. The van der Waals surface area contributed by atoms with Gasteiger partial charge in [0.1, 0.15) is 6.61 Å². The molecular weight excluding hydrogens is 270 g/mol. The van der Waals surface area contributed by atoms with Crippen LogP contribution in [0.15, 0.2) is 16.6 Å². The molecule has 2 N–H and O–H groups in total. The van der Waals surface area contributed by atoms with Crippen LogP contribution in [0.5, 0.6) is 11.5 Å². The molecule has 0 aliphatic carbocycles. The van der Waals surface area contributed by atoms with E-state index in [1.807, 2.05) is 19.1 Å². The average Bonchev–Trinajstić information content (AvgIpc) is 2.28. The van der Waals surface area contributed by atoms with Gasteiger partial charge in [-0.2, -0.15) is 0 Å². The quantitative estimate of drug-likeness (QED) is 0.844. The van der Waals surface area contributed by atoms with Gasteiger partial charge in [-0.05, 0) is 40.5 Å². The Hall–Kier alpha value is -1.18. The first-order valence-corrected chi connectivity index (χ1v) is 5.73. The lowest BCUT2D eigenvalue weighted by atomic mass is 10.2. The van der Waals surface area contributed by atoms with E-state index >= 15 is 0 Å². The van der Waals surface area contributed by atoms with E-state index in [1.165, 1.54) is 0 Å². The predicted molar refractivity (Wildman–Crippen MR) is 67.5 cm³/mol. The van der Waals surface area contributed by atoms with Crippen molar-refractivity contribution in [3.05, 3.63) is 22.2 Å². The lowest BCUT2D eigenvalue weighted by molar-refractivity contribution is 0.297. The lowest BCUT2D eigenvalue weighted by Crippen LogP contribution is -2.03. The van der Waals surface area contributed by atoms with Gasteiger partial charge in [0, 0.05) is 6.54 Å². The Kier molecular flexibility index (Phi) is 5.17. The third-order valence-electron chi connectivity index (χ3n) is 1.90. The molecule has 4 heteroatoms. The van der Waals surface area contributed by atoms with Crippen LogP contribution in [0.1, 0.15) is 12.5 Å². The summed E-state index contributed by atoms with van der Waals surface area (Å²) in [5.41, 5.74) is 6.56. The van der Waals surface area contributed by atoms with E-state index in [-0.39, 0.29) is 6.61 Å². The summed E-state index contributed by atoms with van der Waals surface area (Å²) in [5.74, 6) is 3.70. The summed E-state index contributed by atoms with van der Waals surface area (Å²) in [6.45, 7) is 3.13. The maximum Gasteiger partial charge on any atom is 0.176 e. The number of ether oxygens (including phenoxy) is 2. The van der Waals surface area contributed by atoms with Crippen LogP contribution in [-0.4, -0.2) is 13.2 Å². The lowest BCUT2D eigenvalue weighted by Gasteiger charge is -2.13. The standard InChI is InChI=1S/C12H14BrNO2/c1-3-5-16-12-10(13)6-9(8-14)7-11(12)15-4-2/h1,6-7H,4-5,8,14H2,2H3. The van der Waals surface area contributed by atoms with E-state index in [1.54, 1.807) is 0 Å². The van der Waals surface area contributed by atoms with Crippen molar-refractivity contribution in [3.63, 3.8) is 0 Å². The molecule has 16 heavy (non-hydrogen) atoms. The van der Waals surface area contributed by atoms with Crippen molar-refractivity contribution in [3.8, 4) is 23.8 Å². The van der Waals surface area contributed by atoms with Gasteiger partial charge < -0.3 is 15.2 Å². The minimum atomic E-state index is 0.209. The maximum absolute atomic E-state index is 5.58. The van der Waals surface area contributed by atoms with Gasteiger partial charge in [-0.15, -0.1) is 6.42 Å². The van der Waals surface area contributed by atoms with E-state index in [0.29, 0.717) is 24.7 Å². The third-order valence-corrected chi connectivity index (χ3v) is 2.49. The van der Waals surface area contributed by atoms with E-state index in [0.717, 1.165) is 10.0 Å². The maximum atomic E-state index is 5.58. The van der Waals surface area contributed by atoms with Crippen LogP contribution in [-0.2, 0) is 6.54 Å². The minimum Gasteiger partial charge on any atom is -0.490 e. The van der Waals surface area contributed by atoms with Crippen molar-refractivity contribution >= 4 is 15.9 Å². The summed E-state index contributed by atoms with van der Waals surface area (Å²) in [4.78, 5) is 0. The molecule has 0 saturated heterocycles. The first kappa shape index (κ1) is 12.9. The highest BCUT2D eigenvalue weighted by molar-refractivity contribution is 9.10.